The number of methoxy groups -OCH3 is 1. The zero-order valence-electron chi connectivity index (χ0n) is 11.9. The van der Waals surface area contributed by atoms with Crippen molar-refractivity contribution in [3.63, 3.8) is 0 Å². The molecule has 5 heteroatoms. The van der Waals surface area contributed by atoms with Crippen LogP contribution in [0, 0.1) is 0 Å². The molecule has 1 atom stereocenters. The van der Waals surface area contributed by atoms with Crippen molar-refractivity contribution in [3.05, 3.63) is 59.1 Å². The van der Waals surface area contributed by atoms with Crippen LogP contribution in [0.4, 0.5) is 16.2 Å². The Morgan fingerprint density at radius 1 is 1.14 bits per heavy atom. The summed E-state index contributed by atoms with van der Waals surface area (Å²) in [5.74, 6) is 0. The van der Waals surface area contributed by atoms with Crippen LogP contribution in [-0.4, -0.2) is 13.2 Å². The van der Waals surface area contributed by atoms with Crippen LogP contribution < -0.4 is 10.6 Å². The van der Waals surface area contributed by atoms with Gasteiger partial charge in [-0.2, -0.15) is 0 Å². The molecule has 4 nitrogen and oxygen atoms in total. The van der Waals surface area contributed by atoms with Crippen LogP contribution in [0.1, 0.15) is 18.5 Å². The first-order valence-electron chi connectivity index (χ1n) is 6.56. The number of carbonyl (C=O) groups is 1. The summed E-state index contributed by atoms with van der Waals surface area (Å²) in [4.78, 5) is 11.2. The van der Waals surface area contributed by atoms with Gasteiger partial charge in [-0.3, -0.25) is 5.32 Å². The summed E-state index contributed by atoms with van der Waals surface area (Å²) < 4.78 is 4.57. The maximum absolute atomic E-state index is 11.2. The van der Waals surface area contributed by atoms with Crippen LogP contribution in [-0.2, 0) is 4.74 Å². The molecule has 1 unspecified atom stereocenters. The molecule has 0 saturated carbocycles. The van der Waals surface area contributed by atoms with Crippen molar-refractivity contribution in [2.45, 2.75) is 13.0 Å². The van der Waals surface area contributed by atoms with Crippen LogP contribution in [0.3, 0.4) is 0 Å². The van der Waals surface area contributed by atoms with E-state index in [-0.39, 0.29) is 6.04 Å². The summed E-state index contributed by atoms with van der Waals surface area (Å²) >= 11 is 6.19. The highest BCUT2D eigenvalue weighted by Gasteiger charge is 2.09. The molecule has 2 rings (SSSR count). The number of nitrogens with one attached hydrogen (secondary N) is 2. The average Bonchev–Trinajstić information content (AvgIpc) is 2.47. The highest BCUT2D eigenvalue weighted by atomic mass is 35.5. The number of carbonyl (C=O) groups excluding carboxylic acids is 1. The fourth-order valence-electron chi connectivity index (χ4n) is 2.01. The molecule has 110 valence electrons. The molecule has 2 N–H and O–H groups in total. The predicted octanol–water partition coefficient (Wildman–Crippen LogP) is 4.69. The fraction of sp³-hybridized carbons (Fsp3) is 0.188. The van der Waals surface area contributed by atoms with Gasteiger partial charge in [-0.15, -0.1) is 0 Å². The summed E-state index contributed by atoms with van der Waals surface area (Å²) in [7, 11) is 1.33. The Morgan fingerprint density at radius 2 is 1.86 bits per heavy atom. The van der Waals surface area contributed by atoms with Crippen molar-refractivity contribution < 1.29 is 9.53 Å². The molecule has 0 aromatic heterocycles. The molecule has 2 aromatic rings. The van der Waals surface area contributed by atoms with Gasteiger partial charge in [-0.05, 0) is 36.8 Å². The van der Waals surface area contributed by atoms with Gasteiger partial charge in [0.1, 0.15) is 0 Å². The van der Waals surface area contributed by atoms with Crippen molar-refractivity contribution in [1.82, 2.24) is 0 Å². The van der Waals surface area contributed by atoms with Crippen molar-refractivity contribution >= 4 is 29.1 Å². The van der Waals surface area contributed by atoms with Crippen molar-refractivity contribution in [2.24, 2.45) is 0 Å². The summed E-state index contributed by atoms with van der Waals surface area (Å²) in [6.07, 6.45) is -0.494. The van der Waals surface area contributed by atoms with Gasteiger partial charge in [0.15, 0.2) is 0 Å². The normalized spacial score (nSPS) is 11.6. The molecule has 0 spiro atoms. The Balaban J connectivity index is 2.11. The Labute approximate surface area is 129 Å². The number of benzene rings is 2. The van der Waals surface area contributed by atoms with E-state index in [2.05, 4.69) is 15.4 Å². The zero-order chi connectivity index (χ0) is 15.2. The van der Waals surface area contributed by atoms with E-state index < -0.39 is 6.09 Å². The van der Waals surface area contributed by atoms with Crippen LogP contribution in [0.15, 0.2) is 48.5 Å². The number of rotatable bonds is 4. The standard InChI is InChI=1S/C16H17ClN2O2/c1-11(14-8-3-4-9-15(14)17)18-12-6-5-7-13(10-12)19-16(20)21-2/h3-11,18H,1-2H3,(H,19,20). The number of hydrogen-bond donors (Lipinski definition) is 2. The van der Waals surface area contributed by atoms with Crippen molar-refractivity contribution in [2.75, 3.05) is 17.7 Å². The van der Waals surface area contributed by atoms with E-state index in [0.29, 0.717) is 5.69 Å². The molecule has 21 heavy (non-hydrogen) atoms. The van der Waals surface area contributed by atoms with Gasteiger partial charge in [0, 0.05) is 22.4 Å². The van der Waals surface area contributed by atoms with Crippen LogP contribution in [0.2, 0.25) is 5.02 Å². The molecule has 0 aliphatic heterocycles. The molecule has 0 aliphatic rings. The number of ether oxygens (including phenoxy) is 1. The number of anilines is 2. The third kappa shape index (κ3) is 4.13. The molecule has 1 amide bonds. The first-order chi connectivity index (χ1) is 10.1. The van der Waals surface area contributed by atoms with Gasteiger partial charge < -0.3 is 10.1 Å². The van der Waals surface area contributed by atoms with Gasteiger partial charge in [0.05, 0.1) is 7.11 Å². The molecular formula is C16H17ClN2O2. The molecule has 0 saturated heterocycles. The lowest BCUT2D eigenvalue weighted by atomic mass is 10.1. The lowest BCUT2D eigenvalue weighted by Crippen LogP contribution is -2.11. The second-order valence-electron chi connectivity index (χ2n) is 4.58. The number of amides is 1. The molecule has 0 fully saturated rings. The van der Waals surface area contributed by atoms with Crippen LogP contribution in [0.5, 0.6) is 0 Å². The summed E-state index contributed by atoms with van der Waals surface area (Å²) in [5, 5.41) is 6.71. The Hall–Kier alpha value is -2.20. The van der Waals surface area contributed by atoms with Gasteiger partial charge in [0.2, 0.25) is 0 Å². The lowest BCUT2D eigenvalue weighted by molar-refractivity contribution is 0.187. The number of hydrogen-bond acceptors (Lipinski definition) is 3. The first-order valence-corrected chi connectivity index (χ1v) is 6.94. The average molecular weight is 305 g/mol. The largest absolute Gasteiger partial charge is 0.453 e. The van der Waals surface area contributed by atoms with E-state index in [1.807, 2.05) is 49.4 Å². The first kappa shape index (κ1) is 15.2. The van der Waals surface area contributed by atoms with Gasteiger partial charge in [-0.1, -0.05) is 35.9 Å². The Bertz CT molecular complexity index is 631. The van der Waals surface area contributed by atoms with E-state index in [0.717, 1.165) is 16.3 Å². The molecule has 2 aromatic carbocycles. The minimum Gasteiger partial charge on any atom is -0.453 e. The topological polar surface area (TPSA) is 50.4 Å². The second-order valence-corrected chi connectivity index (χ2v) is 4.99. The van der Waals surface area contributed by atoms with Gasteiger partial charge >= 0.3 is 6.09 Å². The minimum absolute atomic E-state index is 0.0482. The summed E-state index contributed by atoms with van der Waals surface area (Å²) in [5.41, 5.74) is 2.57. The lowest BCUT2D eigenvalue weighted by Gasteiger charge is -2.17. The SMILES string of the molecule is COC(=O)Nc1cccc(NC(C)c2ccccc2Cl)c1. The maximum Gasteiger partial charge on any atom is 0.411 e. The quantitative estimate of drug-likeness (QED) is 0.861. The summed E-state index contributed by atoms with van der Waals surface area (Å²) in [6.45, 7) is 2.03. The molecule has 0 radical (unpaired) electrons. The third-order valence-corrected chi connectivity index (χ3v) is 3.39. The van der Waals surface area contributed by atoms with E-state index >= 15 is 0 Å². The van der Waals surface area contributed by atoms with Crippen molar-refractivity contribution in [1.29, 1.82) is 0 Å². The number of halogens is 1. The molecule has 0 aliphatic carbocycles. The highest BCUT2D eigenvalue weighted by Crippen LogP contribution is 2.26. The van der Waals surface area contributed by atoms with E-state index in [9.17, 15) is 4.79 Å². The van der Waals surface area contributed by atoms with Crippen LogP contribution in [0.25, 0.3) is 0 Å². The van der Waals surface area contributed by atoms with E-state index in [4.69, 9.17) is 11.6 Å². The molecule has 0 bridgehead atoms. The minimum atomic E-state index is -0.494. The smallest absolute Gasteiger partial charge is 0.411 e. The monoisotopic (exact) mass is 304 g/mol. The van der Waals surface area contributed by atoms with Gasteiger partial charge in [0.25, 0.3) is 0 Å². The van der Waals surface area contributed by atoms with Gasteiger partial charge in [-0.25, -0.2) is 4.79 Å². The predicted molar refractivity (Wildman–Crippen MR) is 86.0 cm³/mol. The Morgan fingerprint density at radius 3 is 2.57 bits per heavy atom. The fourth-order valence-corrected chi connectivity index (χ4v) is 2.31. The highest BCUT2D eigenvalue weighted by molar-refractivity contribution is 6.31. The van der Waals surface area contributed by atoms with Crippen LogP contribution >= 0.6 is 11.6 Å². The summed E-state index contributed by atoms with van der Waals surface area (Å²) in [6, 6.07) is 15.2. The second kappa shape index (κ2) is 6.99. The maximum atomic E-state index is 11.2. The zero-order valence-corrected chi connectivity index (χ0v) is 12.6. The van der Waals surface area contributed by atoms with E-state index in [1.54, 1.807) is 6.07 Å². The molecular weight excluding hydrogens is 288 g/mol. The molecule has 0 heterocycles. The van der Waals surface area contributed by atoms with E-state index in [1.165, 1.54) is 7.11 Å². The third-order valence-electron chi connectivity index (χ3n) is 3.05. The Kier molecular flexibility index (Phi) is 5.06. The van der Waals surface area contributed by atoms with Crippen molar-refractivity contribution in [3.8, 4) is 0 Å².